The van der Waals surface area contributed by atoms with Gasteiger partial charge in [-0.15, -0.1) is 11.8 Å². The number of hydrogen-bond donors (Lipinski definition) is 1. The number of benzene rings is 2. The van der Waals surface area contributed by atoms with E-state index in [2.05, 4.69) is 5.32 Å². The Balaban J connectivity index is 1.66. The van der Waals surface area contributed by atoms with E-state index in [1.165, 1.54) is 0 Å². The number of hydrogen-bond acceptors (Lipinski definition) is 4. The molecule has 0 aromatic heterocycles. The second-order valence-corrected chi connectivity index (χ2v) is 6.99. The Kier molecular flexibility index (Phi) is 6.00. The van der Waals surface area contributed by atoms with Crippen LogP contribution in [0.25, 0.3) is 0 Å². The quantitative estimate of drug-likeness (QED) is 0.772. The Morgan fingerprint density at radius 3 is 2.96 bits per heavy atom. The molecule has 0 aliphatic carbocycles. The zero-order valence-corrected chi connectivity index (χ0v) is 15.4. The summed E-state index contributed by atoms with van der Waals surface area (Å²) in [5.74, 6) is 0.632. The third kappa shape index (κ3) is 4.77. The van der Waals surface area contributed by atoms with E-state index in [0.29, 0.717) is 12.2 Å². The third-order valence-electron chi connectivity index (χ3n) is 4.24. The number of aryl methyl sites for hydroxylation is 1. The van der Waals surface area contributed by atoms with Crippen LogP contribution in [0, 0.1) is 6.92 Å². The summed E-state index contributed by atoms with van der Waals surface area (Å²) in [5.41, 5.74) is 2.38. The highest BCUT2D eigenvalue weighted by molar-refractivity contribution is 7.98. The van der Waals surface area contributed by atoms with E-state index < -0.39 is 0 Å². The van der Waals surface area contributed by atoms with Gasteiger partial charge in [-0.1, -0.05) is 12.1 Å². The Morgan fingerprint density at radius 1 is 1.32 bits per heavy atom. The molecule has 2 aromatic carbocycles. The zero-order valence-electron chi connectivity index (χ0n) is 14.6. The number of carbonyl (C=O) groups is 1. The van der Waals surface area contributed by atoms with Crippen molar-refractivity contribution in [2.24, 2.45) is 0 Å². The van der Waals surface area contributed by atoms with Gasteiger partial charge < -0.3 is 14.8 Å². The lowest BCUT2D eigenvalue weighted by Crippen LogP contribution is -2.16. The smallest absolute Gasteiger partial charge is 0.255 e. The predicted octanol–water partition coefficient (Wildman–Crippen LogP) is 4.53. The summed E-state index contributed by atoms with van der Waals surface area (Å²) >= 11 is 1.62. The van der Waals surface area contributed by atoms with Gasteiger partial charge in [0.05, 0.1) is 6.10 Å². The van der Waals surface area contributed by atoms with Gasteiger partial charge in [0, 0.05) is 28.8 Å². The van der Waals surface area contributed by atoms with Crippen molar-refractivity contribution in [1.82, 2.24) is 0 Å². The number of rotatable bonds is 6. The Hall–Kier alpha value is -1.98. The summed E-state index contributed by atoms with van der Waals surface area (Å²) in [6, 6.07) is 13.4. The third-order valence-corrected chi connectivity index (χ3v) is 4.97. The standard InChI is InChI=1S/C20H23NO3S/c1-14-8-9-18(25-2)12-19(14)20(22)21-15-5-3-6-16(11-15)24-13-17-7-4-10-23-17/h3,5-6,8-9,11-12,17H,4,7,10,13H2,1-2H3,(H,21,22). The summed E-state index contributed by atoms with van der Waals surface area (Å²) in [4.78, 5) is 13.7. The zero-order chi connectivity index (χ0) is 17.6. The van der Waals surface area contributed by atoms with Gasteiger partial charge in [0.25, 0.3) is 5.91 Å². The monoisotopic (exact) mass is 357 g/mol. The van der Waals surface area contributed by atoms with Gasteiger partial charge in [0.15, 0.2) is 0 Å². The molecule has 4 nitrogen and oxygen atoms in total. The van der Waals surface area contributed by atoms with Crippen molar-refractivity contribution in [2.75, 3.05) is 24.8 Å². The average Bonchev–Trinajstić information content (AvgIpc) is 3.14. The van der Waals surface area contributed by atoms with Crippen molar-refractivity contribution in [3.05, 3.63) is 53.6 Å². The first-order valence-corrected chi connectivity index (χ1v) is 9.68. The molecule has 1 saturated heterocycles. The molecule has 0 bridgehead atoms. The van der Waals surface area contributed by atoms with Crippen molar-refractivity contribution in [3.8, 4) is 5.75 Å². The maximum absolute atomic E-state index is 12.6. The number of carbonyl (C=O) groups excluding carboxylic acids is 1. The highest BCUT2D eigenvalue weighted by Gasteiger charge is 2.16. The van der Waals surface area contributed by atoms with Gasteiger partial charge in [0.1, 0.15) is 12.4 Å². The van der Waals surface area contributed by atoms with Gasteiger partial charge in [-0.2, -0.15) is 0 Å². The summed E-state index contributed by atoms with van der Waals surface area (Å²) in [5, 5.41) is 2.96. The Morgan fingerprint density at radius 2 is 2.20 bits per heavy atom. The van der Waals surface area contributed by atoms with Gasteiger partial charge in [0.2, 0.25) is 0 Å². The molecule has 0 radical (unpaired) electrons. The molecule has 0 saturated carbocycles. The first-order valence-electron chi connectivity index (χ1n) is 8.46. The van der Waals surface area contributed by atoms with Crippen LogP contribution in [0.5, 0.6) is 5.75 Å². The molecular formula is C20H23NO3S. The van der Waals surface area contributed by atoms with Crippen molar-refractivity contribution in [2.45, 2.75) is 30.8 Å². The van der Waals surface area contributed by atoms with Crippen LogP contribution < -0.4 is 10.1 Å². The molecular weight excluding hydrogens is 334 g/mol. The maximum atomic E-state index is 12.6. The van der Waals surface area contributed by atoms with Crippen LogP contribution in [0.15, 0.2) is 47.4 Å². The van der Waals surface area contributed by atoms with E-state index in [1.54, 1.807) is 11.8 Å². The normalized spacial score (nSPS) is 16.6. The fraction of sp³-hybridized carbons (Fsp3) is 0.350. The summed E-state index contributed by atoms with van der Waals surface area (Å²) in [7, 11) is 0. The topological polar surface area (TPSA) is 47.6 Å². The summed E-state index contributed by atoms with van der Waals surface area (Å²) in [6.07, 6.45) is 4.32. The van der Waals surface area contributed by atoms with Crippen LogP contribution in [0.2, 0.25) is 0 Å². The van der Waals surface area contributed by atoms with Crippen LogP contribution in [-0.4, -0.2) is 31.5 Å². The molecule has 2 aromatic rings. The fourth-order valence-corrected chi connectivity index (χ4v) is 3.24. The van der Waals surface area contributed by atoms with Gasteiger partial charge >= 0.3 is 0 Å². The van der Waals surface area contributed by atoms with Crippen LogP contribution in [0.3, 0.4) is 0 Å². The molecule has 1 aliphatic rings. The predicted molar refractivity (Wildman–Crippen MR) is 102 cm³/mol. The maximum Gasteiger partial charge on any atom is 0.255 e. The SMILES string of the molecule is CSc1ccc(C)c(C(=O)Nc2cccc(OCC3CCCO3)c2)c1. The van der Waals surface area contributed by atoms with E-state index in [-0.39, 0.29) is 12.0 Å². The average molecular weight is 357 g/mol. The largest absolute Gasteiger partial charge is 0.491 e. The van der Waals surface area contributed by atoms with Gasteiger partial charge in [-0.05, 0) is 55.9 Å². The van der Waals surface area contributed by atoms with E-state index in [1.807, 2.05) is 55.6 Å². The molecule has 1 N–H and O–H groups in total. The van der Waals surface area contributed by atoms with Crippen LogP contribution in [0.4, 0.5) is 5.69 Å². The van der Waals surface area contributed by atoms with E-state index in [4.69, 9.17) is 9.47 Å². The first-order chi connectivity index (χ1) is 12.2. The summed E-state index contributed by atoms with van der Waals surface area (Å²) < 4.78 is 11.4. The minimum Gasteiger partial charge on any atom is -0.491 e. The van der Waals surface area contributed by atoms with Crippen molar-refractivity contribution in [3.63, 3.8) is 0 Å². The highest BCUT2D eigenvalue weighted by atomic mass is 32.2. The Bertz CT molecular complexity index is 741. The minimum absolute atomic E-state index is 0.107. The number of amides is 1. The molecule has 1 unspecified atom stereocenters. The van der Waals surface area contributed by atoms with Gasteiger partial charge in [-0.3, -0.25) is 4.79 Å². The van der Waals surface area contributed by atoms with E-state index in [0.717, 1.165) is 41.3 Å². The molecule has 1 aliphatic heterocycles. The molecule has 132 valence electrons. The molecule has 0 spiro atoms. The summed E-state index contributed by atoms with van der Waals surface area (Å²) in [6.45, 7) is 3.31. The molecule has 1 fully saturated rings. The molecule has 3 rings (SSSR count). The second-order valence-electron chi connectivity index (χ2n) is 6.11. The number of nitrogens with one attached hydrogen (secondary N) is 1. The highest BCUT2D eigenvalue weighted by Crippen LogP contribution is 2.22. The van der Waals surface area contributed by atoms with Crippen molar-refractivity contribution in [1.29, 1.82) is 0 Å². The van der Waals surface area contributed by atoms with Crippen LogP contribution in [0.1, 0.15) is 28.8 Å². The van der Waals surface area contributed by atoms with Crippen LogP contribution in [-0.2, 0) is 4.74 Å². The van der Waals surface area contributed by atoms with Crippen LogP contribution >= 0.6 is 11.8 Å². The molecule has 1 atom stereocenters. The lowest BCUT2D eigenvalue weighted by Gasteiger charge is -2.13. The molecule has 1 amide bonds. The molecule has 5 heteroatoms. The van der Waals surface area contributed by atoms with Crippen molar-refractivity contribution < 1.29 is 14.3 Å². The van der Waals surface area contributed by atoms with E-state index in [9.17, 15) is 4.79 Å². The van der Waals surface area contributed by atoms with Gasteiger partial charge in [-0.25, -0.2) is 0 Å². The number of thioether (sulfide) groups is 1. The molecule has 25 heavy (non-hydrogen) atoms. The number of anilines is 1. The second kappa shape index (κ2) is 8.41. The van der Waals surface area contributed by atoms with E-state index >= 15 is 0 Å². The first kappa shape index (κ1) is 17.8. The number of ether oxygens (including phenoxy) is 2. The lowest BCUT2D eigenvalue weighted by atomic mass is 10.1. The fourth-order valence-electron chi connectivity index (χ4n) is 2.80. The minimum atomic E-state index is -0.107. The van der Waals surface area contributed by atoms with Crippen molar-refractivity contribution >= 4 is 23.4 Å². The Labute approximate surface area is 152 Å². The molecule has 1 heterocycles. The lowest BCUT2D eigenvalue weighted by molar-refractivity contribution is 0.0680.